The first-order valence-corrected chi connectivity index (χ1v) is 6.29. The molecule has 16 heavy (non-hydrogen) atoms. The van der Waals surface area contributed by atoms with Crippen molar-refractivity contribution < 1.29 is 9.53 Å². The first-order valence-electron chi connectivity index (χ1n) is 6.29. The Hall–Kier alpha value is -1.04. The van der Waals surface area contributed by atoms with Crippen molar-refractivity contribution in [3.05, 3.63) is 0 Å². The summed E-state index contributed by atoms with van der Waals surface area (Å²) >= 11 is 0. The summed E-state index contributed by atoms with van der Waals surface area (Å²) in [5.41, 5.74) is 0. The Labute approximate surface area is 97.8 Å². The number of carbonyl (C=O) groups excluding carboxylic acids is 1. The summed E-state index contributed by atoms with van der Waals surface area (Å²) in [4.78, 5) is 11.6. The minimum absolute atomic E-state index is 0.211. The second-order valence-electron chi connectivity index (χ2n) is 4.56. The first-order chi connectivity index (χ1) is 7.72. The lowest BCUT2D eigenvalue weighted by Gasteiger charge is -2.30. The second kappa shape index (κ2) is 6.52. The van der Waals surface area contributed by atoms with Crippen LogP contribution in [0.2, 0.25) is 0 Å². The zero-order valence-corrected chi connectivity index (χ0v) is 10.2. The van der Waals surface area contributed by atoms with Crippen LogP contribution in [0.3, 0.4) is 0 Å². The van der Waals surface area contributed by atoms with Crippen LogP contribution in [0, 0.1) is 29.1 Å². The van der Waals surface area contributed by atoms with E-state index in [1.807, 2.05) is 0 Å². The predicted octanol–water partition coefficient (Wildman–Crippen LogP) is 2.91. The molecule has 3 unspecified atom stereocenters. The molecule has 3 nitrogen and oxygen atoms in total. The Morgan fingerprint density at radius 3 is 2.81 bits per heavy atom. The molecule has 0 amide bonds. The van der Waals surface area contributed by atoms with E-state index in [2.05, 4.69) is 13.0 Å². The smallest absolute Gasteiger partial charge is 0.323 e. The van der Waals surface area contributed by atoms with E-state index in [1.165, 1.54) is 6.42 Å². The van der Waals surface area contributed by atoms with Crippen LogP contribution in [0.15, 0.2) is 0 Å². The van der Waals surface area contributed by atoms with Crippen molar-refractivity contribution in [3.63, 3.8) is 0 Å². The fraction of sp³-hybridized carbons (Fsp3) is 0.846. The van der Waals surface area contributed by atoms with E-state index in [9.17, 15) is 4.79 Å². The predicted molar refractivity (Wildman–Crippen MR) is 61.5 cm³/mol. The fourth-order valence-corrected chi connectivity index (χ4v) is 2.59. The Bertz CT molecular complexity index is 270. The highest BCUT2D eigenvalue weighted by Crippen LogP contribution is 2.35. The Balaban J connectivity index is 2.59. The van der Waals surface area contributed by atoms with Gasteiger partial charge >= 0.3 is 5.97 Å². The third-order valence-electron chi connectivity index (χ3n) is 3.55. The maximum Gasteiger partial charge on any atom is 0.323 e. The summed E-state index contributed by atoms with van der Waals surface area (Å²) < 4.78 is 4.96. The highest BCUT2D eigenvalue weighted by atomic mass is 16.5. The van der Waals surface area contributed by atoms with Crippen LogP contribution >= 0.6 is 0 Å². The van der Waals surface area contributed by atoms with Gasteiger partial charge in [0.25, 0.3) is 0 Å². The van der Waals surface area contributed by atoms with Crippen LogP contribution in [0.5, 0.6) is 0 Å². The number of hydrogen-bond acceptors (Lipinski definition) is 3. The molecule has 1 aliphatic rings. The minimum Gasteiger partial charge on any atom is -0.465 e. The Kier molecular flexibility index (Phi) is 5.31. The molecule has 0 aliphatic heterocycles. The largest absolute Gasteiger partial charge is 0.465 e. The van der Waals surface area contributed by atoms with Gasteiger partial charge in [-0.2, -0.15) is 5.26 Å². The van der Waals surface area contributed by atoms with Crippen LogP contribution < -0.4 is 0 Å². The lowest BCUT2D eigenvalue weighted by atomic mass is 9.74. The third kappa shape index (κ3) is 3.23. The van der Waals surface area contributed by atoms with Crippen LogP contribution in [0.4, 0.5) is 0 Å². The molecule has 1 saturated carbocycles. The number of rotatable bonds is 4. The minimum atomic E-state index is -0.547. The number of esters is 1. The van der Waals surface area contributed by atoms with Gasteiger partial charge in [-0.05, 0) is 31.6 Å². The molecule has 1 aliphatic carbocycles. The van der Waals surface area contributed by atoms with Gasteiger partial charge in [-0.25, -0.2) is 0 Å². The van der Waals surface area contributed by atoms with Crippen LogP contribution in [-0.2, 0) is 9.53 Å². The number of nitrogens with zero attached hydrogens (tertiary/aromatic N) is 1. The summed E-state index contributed by atoms with van der Waals surface area (Å²) in [6, 6.07) is 2.13. The van der Waals surface area contributed by atoms with Gasteiger partial charge < -0.3 is 4.74 Å². The van der Waals surface area contributed by atoms with Crippen LogP contribution in [-0.4, -0.2) is 12.6 Å². The monoisotopic (exact) mass is 223 g/mol. The number of ether oxygens (including phenoxy) is 1. The average molecular weight is 223 g/mol. The standard InChI is InChI=1S/C13H21NO2/c1-3-10-6-5-7-11(8-10)12(9-14)13(15)16-4-2/h10-12H,3-8H2,1-2H3. The van der Waals surface area contributed by atoms with Gasteiger partial charge in [-0.15, -0.1) is 0 Å². The van der Waals surface area contributed by atoms with Gasteiger partial charge in [-0.3, -0.25) is 4.79 Å². The molecule has 3 atom stereocenters. The highest BCUT2D eigenvalue weighted by Gasteiger charge is 2.33. The maximum absolute atomic E-state index is 11.6. The summed E-state index contributed by atoms with van der Waals surface area (Å²) in [6.07, 6.45) is 5.54. The van der Waals surface area contributed by atoms with E-state index < -0.39 is 5.92 Å². The molecule has 3 heteroatoms. The van der Waals surface area contributed by atoms with E-state index in [0.29, 0.717) is 12.5 Å². The molecule has 0 saturated heterocycles. The number of nitriles is 1. The molecular formula is C13H21NO2. The average Bonchev–Trinajstić information content (AvgIpc) is 2.31. The quantitative estimate of drug-likeness (QED) is 0.688. The van der Waals surface area contributed by atoms with Crippen molar-refractivity contribution in [2.24, 2.45) is 17.8 Å². The summed E-state index contributed by atoms with van der Waals surface area (Å²) in [5.74, 6) is 0.0211. The van der Waals surface area contributed by atoms with Gasteiger partial charge in [0.1, 0.15) is 5.92 Å². The van der Waals surface area contributed by atoms with E-state index in [-0.39, 0.29) is 11.9 Å². The van der Waals surface area contributed by atoms with E-state index >= 15 is 0 Å². The molecule has 0 aromatic carbocycles. The number of hydrogen-bond donors (Lipinski definition) is 0. The van der Waals surface area contributed by atoms with Crippen LogP contribution in [0.1, 0.15) is 46.0 Å². The molecule has 0 bridgehead atoms. The van der Waals surface area contributed by atoms with Gasteiger partial charge in [0.2, 0.25) is 0 Å². The zero-order valence-electron chi connectivity index (χ0n) is 10.2. The van der Waals surface area contributed by atoms with Gasteiger partial charge in [0.15, 0.2) is 0 Å². The number of carbonyl (C=O) groups is 1. The molecule has 1 rings (SSSR count). The maximum atomic E-state index is 11.6. The fourth-order valence-electron chi connectivity index (χ4n) is 2.59. The normalized spacial score (nSPS) is 26.8. The van der Waals surface area contributed by atoms with E-state index in [0.717, 1.165) is 25.7 Å². The van der Waals surface area contributed by atoms with Crippen molar-refractivity contribution in [1.29, 1.82) is 5.26 Å². The SMILES string of the molecule is CCOC(=O)C(C#N)C1CCCC(CC)C1. The second-order valence-corrected chi connectivity index (χ2v) is 4.56. The van der Waals surface area contributed by atoms with Crippen molar-refractivity contribution in [3.8, 4) is 6.07 Å². The molecule has 90 valence electrons. The van der Waals surface area contributed by atoms with Crippen molar-refractivity contribution >= 4 is 5.97 Å². The topological polar surface area (TPSA) is 50.1 Å². The van der Waals surface area contributed by atoms with Crippen LogP contribution in [0.25, 0.3) is 0 Å². The lowest BCUT2D eigenvalue weighted by molar-refractivity contribution is -0.148. The Morgan fingerprint density at radius 1 is 1.50 bits per heavy atom. The van der Waals surface area contributed by atoms with E-state index in [4.69, 9.17) is 10.00 Å². The highest BCUT2D eigenvalue weighted by molar-refractivity contribution is 5.75. The molecule has 0 spiro atoms. The van der Waals surface area contributed by atoms with Crippen molar-refractivity contribution in [1.82, 2.24) is 0 Å². The summed E-state index contributed by atoms with van der Waals surface area (Å²) in [5, 5.41) is 9.08. The first kappa shape index (κ1) is 13.0. The van der Waals surface area contributed by atoms with E-state index in [1.54, 1.807) is 6.92 Å². The molecule has 0 radical (unpaired) electrons. The summed E-state index contributed by atoms with van der Waals surface area (Å²) in [7, 11) is 0. The molecular weight excluding hydrogens is 202 g/mol. The molecule has 0 N–H and O–H groups in total. The van der Waals surface area contributed by atoms with Gasteiger partial charge in [0.05, 0.1) is 12.7 Å². The lowest BCUT2D eigenvalue weighted by Crippen LogP contribution is -2.28. The molecule has 0 aromatic heterocycles. The molecule has 1 fully saturated rings. The molecule has 0 heterocycles. The molecule has 0 aromatic rings. The van der Waals surface area contributed by atoms with Gasteiger partial charge in [0, 0.05) is 0 Å². The third-order valence-corrected chi connectivity index (χ3v) is 3.55. The van der Waals surface area contributed by atoms with Crippen molar-refractivity contribution in [2.75, 3.05) is 6.61 Å². The van der Waals surface area contributed by atoms with Crippen molar-refractivity contribution in [2.45, 2.75) is 46.0 Å². The zero-order chi connectivity index (χ0) is 12.0. The Morgan fingerprint density at radius 2 is 2.25 bits per heavy atom. The summed E-state index contributed by atoms with van der Waals surface area (Å²) in [6.45, 7) is 4.32. The van der Waals surface area contributed by atoms with Gasteiger partial charge in [-0.1, -0.05) is 26.2 Å².